The Bertz CT molecular complexity index is 1240. The zero-order chi connectivity index (χ0) is 21.4. The summed E-state index contributed by atoms with van der Waals surface area (Å²) in [7, 11) is 0. The fourth-order valence-corrected chi connectivity index (χ4v) is 5.04. The molecule has 0 amide bonds. The first-order valence-electron chi connectivity index (χ1n) is 10.2. The van der Waals surface area contributed by atoms with Gasteiger partial charge in [-0.3, -0.25) is 4.79 Å². The van der Waals surface area contributed by atoms with Crippen molar-refractivity contribution in [2.75, 3.05) is 4.90 Å². The quantitative estimate of drug-likeness (QED) is 0.581. The predicted octanol–water partition coefficient (Wildman–Crippen LogP) is 4.97. The van der Waals surface area contributed by atoms with E-state index in [4.69, 9.17) is 0 Å². The van der Waals surface area contributed by atoms with Gasteiger partial charge >= 0.3 is 0 Å². The van der Waals surface area contributed by atoms with E-state index in [-0.39, 0.29) is 5.78 Å². The van der Waals surface area contributed by atoms with Crippen LogP contribution in [0.15, 0.2) is 91.0 Å². The molecule has 4 nitrogen and oxygen atoms in total. The minimum atomic E-state index is -1.40. The zero-order valence-corrected chi connectivity index (χ0v) is 16.7. The van der Waals surface area contributed by atoms with E-state index in [1.807, 2.05) is 89.8 Å². The van der Waals surface area contributed by atoms with Gasteiger partial charge in [0.1, 0.15) is 6.04 Å². The van der Waals surface area contributed by atoms with Crippen molar-refractivity contribution < 1.29 is 4.79 Å². The normalized spacial score (nSPS) is 22.6. The summed E-state index contributed by atoms with van der Waals surface area (Å²) in [5.41, 5.74) is 1.84. The van der Waals surface area contributed by atoms with Crippen LogP contribution in [0.5, 0.6) is 0 Å². The Hall–Kier alpha value is -4.15. The van der Waals surface area contributed by atoms with E-state index in [2.05, 4.69) is 12.1 Å². The fraction of sp³-hybridized carbons (Fsp3) is 0.148. The van der Waals surface area contributed by atoms with Gasteiger partial charge in [0.05, 0.1) is 18.2 Å². The molecular formula is C27H19N3O. The van der Waals surface area contributed by atoms with E-state index in [1.54, 1.807) is 12.1 Å². The molecule has 0 spiro atoms. The Labute approximate surface area is 181 Å². The third-order valence-electron chi connectivity index (χ3n) is 6.40. The highest BCUT2D eigenvalue weighted by Gasteiger charge is 2.63. The van der Waals surface area contributed by atoms with Crippen molar-refractivity contribution in [3.8, 4) is 12.1 Å². The van der Waals surface area contributed by atoms with E-state index >= 15 is 0 Å². The summed E-state index contributed by atoms with van der Waals surface area (Å²) in [6.07, 6.45) is 3.86. The molecule has 0 saturated carbocycles. The van der Waals surface area contributed by atoms with Crippen LogP contribution < -0.4 is 4.90 Å². The number of para-hydroxylation sites is 1. The zero-order valence-electron chi connectivity index (χ0n) is 16.7. The number of carbonyl (C=O) groups excluding carboxylic acids is 1. The molecule has 4 heteroatoms. The van der Waals surface area contributed by atoms with Gasteiger partial charge in [0.15, 0.2) is 11.2 Å². The van der Waals surface area contributed by atoms with Crippen LogP contribution in [0.2, 0.25) is 0 Å². The van der Waals surface area contributed by atoms with Crippen LogP contribution in [-0.2, 0) is 0 Å². The Balaban J connectivity index is 1.79. The van der Waals surface area contributed by atoms with E-state index < -0.39 is 23.4 Å². The van der Waals surface area contributed by atoms with Crippen LogP contribution in [0.3, 0.4) is 0 Å². The van der Waals surface area contributed by atoms with Crippen LogP contribution in [0.1, 0.15) is 27.4 Å². The molecule has 0 N–H and O–H groups in total. The number of rotatable bonds is 3. The van der Waals surface area contributed by atoms with E-state index in [1.165, 1.54) is 0 Å². The fourth-order valence-electron chi connectivity index (χ4n) is 5.04. The SMILES string of the molecule is N#CC1(C#N)[C@H](c2ccccc2)[C@H](C(=O)c2ccccc2)N2c3ccccc3C=C[C@@H]21. The van der Waals surface area contributed by atoms with Gasteiger partial charge in [0.25, 0.3) is 0 Å². The molecule has 0 aliphatic carbocycles. The summed E-state index contributed by atoms with van der Waals surface area (Å²) in [4.78, 5) is 15.9. The minimum absolute atomic E-state index is 0.0862. The maximum Gasteiger partial charge on any atom is 0.185 e. The van der Waals surface area contributed by atoms with Gasteiger partial charge in [0.2, 0.25) is 0 Å². The maximum atomic E-state index is 13.9. The summed E-state index contributed by atoms with van der Waals surface area (Å²) >= 11 is 0. The Kier molecular flexibility index (Phi) is 4.42. The lowest BCUT2D eigenvalue weighted by molar-refractivity contribution is 0.0951. The van der Waals surface area contributed by atoms with Gasteiger partial charge in [-0.25, -0.2) is 0 Å². The number of benzene rings is 3. The van der Waals surface area contributed by atoms with Crippen molar-refractivity contribution in [2.24, 2.45) is 5.41 Å². The molecule has 3 aromatic carbocycles. The lowest BCUT2D eigenvalue weighted by Gasteiger charge is -2.35. The largest absolute Gasteiger partial charge is 0.351 e. The maximum absolute atomic E-state index is 13.9. The highest BCUT2D eigenvalue weighted by molar-refractivity contribution is 6.04. The van der Waals surface area contributed by atoms with Crippen LogP contribution in [0.4, 0.5) is 5.69 Å². The molecule has 1 saturated heterocycles. The third-order valence-corrected chi connectivity index (χ3v) is 6.40. The molecule has 148 valence electrons. The highest BCUT2D eigenvalue weighted by atomic mass is 16.1. The van der Waals surface area contributed by atoms with E-state index in [0.717, 1.165) is 16.8 Å². The summed E-state index contributed by atoms with van der Waals surface area (Å²) in [5, 5.41) is 20.7. The van der Waals surface area contributed by atoms with Crippen molar-refractivity contribution >= 4 is 17.5 Å². The molecule has 3 atom stereocenters. The number of fused-ring (bicyclic) bond motifs is 3. The molecule has 0 radical (unpaired) electrons. The highest BCUT2D eigenvalue weighted by Crippen LogP contribution is 2.55. The molecule has 31 heavy (non-hydrogen) atoms. The number of ketones is 1. The molecule has 2 heterocycles. The second-order valence-corrected chi connectivity index (χ2v) is 7.93. The standard InChI is InChI=1S/C27H19N3O/c28-17-27(18-29)23-16-15-19-9-7-8-14-22(19)30(23)25(24(27)20-10-3-1-4-11-20)26(31)21-12-5-2-6-13-21/h1-16,23-25H/t23-,24-,25-/m1/s1. The van der Waals surface area contributed by atoms with Gasteiger partial charge in [-0.15, -0.1) is 0 Å². The number of anilines is 1. The topological polar surface area (TPSA) is 67.9 Å². The average molecular weight is 401 g/mol. The van der Waals surface area contributed by atoms with Gasteiger partial charge < -0.3 is 4.90 Å². The van der Waals surface area contributed by atoms with Gasteiger partial charge in [-0.05, 0) is 17.2 Å². The molecule has 2 aliphatic rings. The van der Waals surface area contributed by atoms with Crippen molar-refractivity contribution in [2.45, 2.75) is 18.0 Å². The number of hydrogen-bond acceptors (Lipinski definition) is 4. The average Bonchev–Trinajstić information content (AvgIpc) is 3.15. The second kappa shape index (κ2) is 7.27. The first-order valence-corrected chi connectivity index (χ1v) is 10.2. The molecule has 1 fully saturated rings. The number of Topliss-reactive ketones (excluding diaryl/α,β-unsaturated/α-hetero) is 1. The summed E-state index contributed by atoms with van der Waals surface area (Å²) in [6.45, 7) is 0. The Morgan fingerprint density at radius 3 is 2.13 bits per heavy atom. The molecule has 0 bridgehead atoms. The summed E-state index contributed by atoms with van der Waals surface area (Å²) in [6, 6.07) is 29.9. The lowest BCUT2D eigenvalue weighted by Crippen LogP contribution is -2.44. The van der Waals surface area contributed by atoms with Crippen LogP contribution >= 0.6 is 0 Å². The number of nitriles is 2. The van der Waals surface area contributed by atoms with Gasteiger partial charge in [0, 0.05) is 17.2 Å². The summed E-state index contributed by atoms with van der Waals surface area (Å²) in [5.74, 6) is -0.686. The molecular weight excluding hydrogens is 382 g/mol. The third kappa shape index (κ3) is 2.70. The van der Waals surface area contributed by atoms with Crippen LogP contribution in [-0.4, -0.2) is 17.9 Å². The minimum Gasteiger partial charge on any atom is -0.351 e. The van der Waals surface area contributed by atoms with Crippen molar-refractivity contribution in [3.05, 3.63) is 108 Å². The molecule has 0 aromatic heterocycles. The first-order chi connectivity index (χ1) is 15.2. The number of hydrogen-bond donors (Lipinski definition) is 0. The lowest BCUT2D eigenvalue weighted by atomic mass is 9.69. The van der Waals surface area contributed by atoms with Crippen molar-refractivity contribution in [1.82, 2.24) is 0 Å². The second-order valence-electron chi connectivity index (χ2n) is 7.93. The van der Waals surface area contributed by atoms with Crippen LogP contribution in [0, 0.1) is 28.1 Å². The Morgan fingerprint density at radius 2 is 1.45 bits per heavy atom. The number of carbonyl (C=O) groups is 1. The van der Waals surface area contributed by atoms with Gasteiger partial charge in [-0.2, -0.15) is 10.5 Å². The number of nitrogens with zero attached hydrogens (tertiary/aromatic N) is 3. The van der Waals surface area contributed by atoms with E-state index in [0.29, 0.717) is 5.56 Å². The summed E-state index contributed by atoms with van der Waals surface area (Å²) < 4.78 is 0. The molecule has 2 aliphatic heterocycles. The van der Waals surface area contributed by atoms with Crippen molar-refractivity contribution in [3.63, 3.8) is 0 Å². The first kappa shape index (κ1) is 18.9. The Morgan fingerprint density at radius 1 is 0.839 bits per heavy atom. The molecule has 5 rings (SSSR count). The smallest absolute Gasteiger partial charge is 0.185 e. The molecule has 0 unspecified atom stereocenters. The van der Waals surface area contributed by atoms with Gasteiger partial charge in [-0.1, -0.05) is 91.0 Å². The van der Waals surface area contributed by atoms with Crippen LogP contribution in [0.25, 0.3) is 6.08 Å². The van der Waals surface area contributed by atoms with E-state index in [9.17, 15) is 15.3 Å². The molecule has 3 aromatic rings. The van der Waals surface area contributed by atoms with Crippen molar-refractivity contribution in [1.29, 1.82) is 10.5 Å². The monoisotopic (exact) mass is 401 g/mol. The predicted molar refractivity (Wildman–Crippen MR) is 119 cm³/mol.